The summed E-state index contributed by atoms with van der Waals surface area (Å²) in [4.78, 5) is 0. The first-order valence-corrected chi connectivity index (χ1v) is 4.86. The molecule has 3 atom stereocenters. The van der Waals surface area contributed by atoms with Gasteiger partial charge in [0.1, 0.15) is 0 Å². The van der Waals surface area contributed by atoms with Crippen molar-refractivity contribution in [3.8, 4) is 0 Å². The quantitative estimate of drug-likeness (QED) is 0.654. The van der Waals surface area contributed by atoms with Crippen LogP contribution in [0.15, 0.2) is 17.9 Å². The van der Waals surface area contributed by atoms with E-state index in [9.17, 15) is 5.11 Å². The summed E-state index contributed by atoms with van der Waals surface area (Å²) < 4.78 is 5.36. The van der Waals surface area contributed by atoms with Gasteiger partial charge in [-0.1, -0.05) is 6.58 Å². The number of hydrogen-bond acceptors (Lipinski definition) is 3. The number of methoxy groups -OCH3 is 1. The molecule has 3 unspecified atom stereocenters. The number of aliphatic hydroxyl groups excluding tert-OH is 1. The number of hydrogen-bond donors (Lipinski definition) is 2. The van der Waals surface area contributed by atoms with Crippen LogP contribution < -0.4 is 5.32 Å². The Labute approximate surface area is 85.5 Å². The average molecular weight is 197 g/mol. The smallest absolute Gasteiger partial charge is 0.0686 e. The highest BCUT2D eigenvalue weighted by Gasteiger charge is 2.45. The van der Waals surface area contributed by atoms with E-state index in [1.54, 1.807) is 7.11 Å². The van der Waals surface area contributed by atoms with Crippen LogP contribution in [-0.2, 0) is 4.74 Å². The van der Waals surface area contributed by atoms with Crippen molar-refractivity contribution in [2.75, 3.05) is 20.8 Å². The largest absolute Gasteiger partial charge is 0.396 e. The van der Waals surface area contributed by atoms with Crippen molar-refractivity contribution in [3.05, 3.63) is 17.9 Å². The molecule has 0 aromatic carbocycles. The Hall–Kier alpha value is -0.600. The van der Waals surface area contributed by atoms with Gasteiger partial charge in [0.15, 0.2) is 0 Å². The molecule has 3 heteroatoms. The summed E-state index contributed by atoms with van der Waals surface area (Å²) in [5.41, 5.74) is 3.81. The Balaban J connectivity index is 3.02. The minimum absolute atomic E-state index is 0.0231. The first-order valence-electron chi connectivity index (χ1n) is 4.86. The Kier molecular flexibility index (Phi) is 3.51. The van der Waals surface area contributed by atoms with Crippen molar-refractivity contribution in [1.82, 2.24) is 5.32 Å². The molecule has 2 N–H and O–H groups in total. The third-order valence-corrected chi connectivity index (χ3v) is 3.27. The van der Waals surface area contributed by atoms with Gasteiger partial charge >= 0.3 is 0 Å². The van der Waals surface area contributed by atoms with E-state index in [1.807, 2.05) is 7.05 Å². The lowest BCUT2D eigenvalue weighted by Crippen LogP contribution is -2.39. The molecule has 1 aliphatic rings. The molecule has 0 aromatic rings. The van der Waals surface area contributed by atoms with Gasteiger partial charge in [-0.05, 0) is 26.0 Å². The van der Waals surface area contributed by atoms with Crippen molar-refractivity contribution in [3.63, 3.8) is 0 Å². The van der Waals surface area contributed by atoms with Crippen molar-refractivity contribution < 1.29 is 9.84 Å². The maximum absolute atomic E-state index is 9.30. The fraction of sp³-hybridized carbons (Fsp3) is 0.727. The van der Waals surface area contributed by atoms with Crippen LogP contribution >= 0.6 is 0 Å². The molecule has 0 bridgehead atoms. The molecule has 1 saturated carbocycles. The Morgan fingerprint density at radius 2 is 2.43 bits per heavy atom. The van der Waals surface area contributed by atoms with Crippen molar-refractivity contribution >= 4 is 0 Å². The highest BCUT2D eigenvalue weighted by Crippen LogP contribution is 2.40. The second kappa shape index (κ2) is 4.28. The fourth-order valence-electron chi connectivity index (χ4n) is 2.27. The Morgan fingerprint density at radius 3 is 2.79 bits per heavy atom. The highest BCUT2D eigenvalue weighted by molar-refractivity contribution is 5.28. The number of ether oxygens (including phenoxy) is 1. The lowest BCUT2D eigenvalue weighted by Gasteiger charge is -2.24. The zero-order valence-corrected chi connectivity index (χ0v) is 9.13. The van der Waals surface area contributed by atoms with E-state index in [-0.39, 0.29) is 24.2 Å². The van der Waals surface area contributed by atoms with Crippen LogP contribution in [-0.4, -0.2) is 37.5 Å². The van der Waals surface area contributed by atoms with E-state index in [4.69, 9.17) is 4.74 Å². The summed E-state index contributed by atoms with van der Waals surface area (Å²) >= 11 is 0. The minimum Gasteiger partial charge on any atom is -0.396 e. The molecule has 1 fully saturated rings. The lowest BCUT2D eigenvalue weighted by molar-refractivity contribution is 0.0516. The van der Waals surface area contributed by atoms with Gasteiger partial charge in [0, 0.05) is 18.6 Å². The zero-order chi connectivity index (χ0) is 10.8. The van der Waals surface area contributed by atoms with E-state index in [0.717, 1.165) is 12.0 Å². The maximum atomic E-state index is 9.30. The second-order valence-electron chi connectivity index (χ2n) is 3.94. The van der Waals surface area contributed by atoms with Gasteiger partial charge in [-0.25, -0.2) is 0 Å². The average Bonchev–Trinajstić information content (AvgIpc) is 2.50. The van der Waals surface area contributed by atoms with Crippen LogP contribution in [0.3, 0.4) is 0 Å². The Bertz CT molecular complexity index is 258. The molecule has 1 aliphatic carbocycles. The molecule has 0 saturated heterocycles. The molecule has 0 aromatic heterocycles. The molecule has 0 aliphatic heterocycles. The summed E-state index contributed by atoms with van der Waals surface area (Å²) in [5, 5.41) is 12.5. The third kappa shape index (κ3) is 1.64. The third-order valence-electron chi connectivity index (χ3n) is 3.27. The van der Waals surface area contributed by atoms with Gasteiger partial charge in [0.2, 0.25) is 0 Å². The van der Waals surface area contributed by atoms with Crippen LogP contribution in [0.2, 0.25) is 0 Å². The summed E-state index contributed by atoms with van der Waals surface area (Å²) in [5.74, 6) is 0.0231. The summed E-state index contributed by atoms with van der Waals surface area (Å²) in [6.07, 6.45) is 0.907. The number of rotatable bonds is 3. The van der Waals surface area contributed by atoms with E-state index >= 15 is 0 Å². The lowest BCUT2D eigenvalue weighted by atomic mass is 9.92. The van der Waals surface area contributed by atoms with Crippen LogP contribution in [0.4, 0.5) is 0 Å². The molecular weight excluding hydrogens is 178 g/mol. The molecular formula is C11H19NO2. The van der Waals surface area contributed by atoms with Crippen molar-refractivity contribution in [2.45, 2.75) is 25.0 Å². The molecule has 80 valence electrons. The standard InChI is InChI=1S/C11H19NO2/c1-5-9-8(7-13)10(14-4)6-11(9,2)12-3/h8,10,12-13H,1,6-7H2,2-4H3. The van der Waals surface area contributed by atoms with Crippen LogP contribution in [0.1, 0.15) is 13.3 Å². The summed E-state index contributed by atoms with van der Waals surface area (Å²) in [6.45, 7) is 5.86. The molecule has 14 heavy (non-hydrogen) atoms. The molecule has 0 spiro atoms. The van der Waals surface area contributed by atoms with Crippen LogP contribution in [0.5, 0.6) is 0 Å². The topological polar surface area (TPSA) is 41.5 Å². The van der Waals surface area contributed by atoms with E-state index < -0.39 is 0 Å². The first-order chi connectivity index (χ1) is 6.62. The monoisotopic (exact) mass is 197 g/mol. The second-order valence-corrected chi connectivity index (χ2v) is 3.94. The number of likely N-dealkylation sites (N-methyl/N-ethyl adjacent to an activating group) is 1. The van der Waals surface area contributed by atoms with Gasteiger partial charge in [-0.15, -0.1) is 5.73 Å². The predicted molar refractivity (Wildman–Crippen MR) is 56.1 cm³/mol. The van der Waals surface area contributed by atoms with Crippen molar-refractivity contribution in [1.29, 1.82) is 0 Å². The molecule has 0 amide bonds. The molecule has 3 nitrogen and oxygen atoms in total. The number of nitrogens with one attached hydrogen (secondary N) is 1. The van der Waals surface area contributed by atoms with E-state index in [0.29, 0.717) is 0 Å². The van der Waals surface area contributed by atoms with Gasteiger partial charge in [-0.2, -0.15) is 0 Å². The fourth-order valence-corrected chi connectivity index (χ4v) is 2.27. The normalized spacial score (nSPS) is 37.3. The molecule has 0 radical (unpaired) electrons. The maximum Gasteiger partial charge on any atom is 0.0686 e. The van der Waals surface area contributed by atoms with Crippen LogP contribution in [0, 0.1) is 5.92 Å². The Morgan fingerprint density at radius 1 is 1.79 bits per heavy atom. The zero-order valence-electron chi connectivity index (χ0n) is 9.13. The first kappa shape index (κ1) is 11.5. The van der Waals surface area contributed by atoms with Gasteiger partial charge < -0.3 is 15.2 Å². The molecule has 1 rings (SSSR count). The van der Waals surface area contributed by atoms with E-state index in [2.05, 4.69) is 24.6 Å². The predicted octanol–water partition coefficient (Wildman–Crippen LogP) is 0.703. The highest BCUT2D eigenvalue weighted by atomic mass is 16.5. The van der Waals surface area contributed by atoms with E-state index in [1.165, 1.54) is 0 Å². The van der Waals surface area contributed by atoms with Gasteiger partial charge in [-0.3, -0.25) is 0 Å². The van der Waals surface area contributed by atoms with Crippen molar-refractivity contribution in [2.24, 2.45) is 5.92 Å². The van der Waals surface area contributed by atoms with Gasteiger partial charge in [0.25, 0.3) is 0 Å². The number of aliphatic hydroxyl groups is 1. The summed E-state index contributed by atoms with van der Waals surface area (Å²) in [6, 6.07) is 0. The van der Waals surface area contributed by atoms with Gasteiger partial charge in [0.05, 0.1) is 12.7 Å². The summed E-state index contributed by atoms with van der Waals surface area (Å²) in [7, 11) is 3.58. The molecule has 0 heterocycles. The van der Waals surface area contributed by atoms with Crippen LogP contribution in [0.25, 0.3) is 0 Å². The SMILES string of the molecule is C=C=C1C(CO)C(OC)CC1(C)NC. The minimum atomic E-state index is -0.143.